The van der Waals surface area contributed by atoms with E-state index in [2.05, 4.69) is 5.10 Å². The predicted octanol–water partition coefficient (Wildman–Crippen LogP) is 3.19. The molecule has 82 valence electrons. The van der Waals surface area contributed by atoms with Crippen LogP contribution in [0, 0.1) is 6.92 Å². The third-order valence-electron chi connectivity index (χ3n) is 2.08. The van der Waals surface area contributed by atoms with Crippen LogP contribution in [0.3, 0.4) is 0 Å². The predicted molar refractivity (Wildman–Crippen MR) is 63.2 cm³/mol. The summed E-state index contributed by atoms with van der Waals surface area (Å²) in [5.41, 5.74) is 1.30. The number of carbonyl (C=O) groups excluding carboxylic acids is 1. The van der Waals surface area contributed by atoms with E-state index >= 15 is 0 Å². The van der Waals surface area contributed by atoms with Gasteiger partial charge in [-0.05, 0) is 30.7 Å². The summed E-state index contributed by atoms with van der Waals surface area (Å²) in [4.78, 5) is 12.0. The average molecular weight is 255 g/mol. The van der Waals surface area contributed by atoms with Crippen LogP contribution in [-0.2, 0) is 0 Å². The molecular formula is C11H8Cl2N2O. The Bertz CT molecular complexity index is 549. The number of hydrogen-bond donors (Lipinski definition) is 0. The van der Waals surface area contributed by atoms with E-state index in [9.17, 15) is 4.79 Å². The normalized spacial score (nSPS) is 10.4. The lowest BCUT2D eigenvalue weighted by Gasteiger charge is -2.03. The Kier molecular flexibility index (Phi) is 2.99. The summed E-state index contributed by atoms with van der Waals surface area (Å²) in [5.74, 6) is -0.269. The summed E-state index contributed by atoms with van der Waals surface area (Å²) in [7, 11) is 0. The highest BCUT2D eigenvalue weighted by atomic mass is 35.5. The Morgan fingerprint density at radius 3 is 2.69 bits per heavy atom. The first kappa shape index (κ1) is 11.2. The van der Waals surface area contributed by atoms with Crippen molar-refractivity contribution in [1.29, 1.82) is 0 Å². The van der Waals surface area contributed by atoms with Crippen LogP contribution in [0.4, 0.5) is 0 Å². The first-order chi connectivity index (χ1) is 7.58. The van der Waals surface area contributed by atoms with Crippen LogP contribution >= 0.6 is 23.2 Å². The minimum atomic E-state index is -0.269. The van der Waals surface area contributed by atoms with E-state index in [1.807, 2.05) is 6.92 Å². The molecule has 16 heavy (non-hydrogen) atoms. The van der Waals surface area contributed by atoms with E-state index in [1.165, 1.54) is 10.7 Å². The minimum absolute atomic E-state index is 0.269. The van der Waals surface area contributed by atoms with Gasteiger partial charge in [-0.25, -0.2) is 4.68 Å². The molecule has 0 saturated heterocycles. The molecule has 0 radical (unpaired) electrons. The molecule has 0 fully saturated rings. The van der Waals surface area contributed by atoms with Crippen molar-refractivity contribution in [2.45, 2.75) is 6.92 Å². The van der Waals surface area contributed by atoms with E-state index in [0.717, 1.165) is 5.56 Å². The van der Waals surface area contributed by atoms with Crippen LogP contribution in [0.1, 0.15) is 15.9 Å². The molecular weight excluding hydrogens is 247 g/mol. The number of hydrogen-bond acceptors (Lipinski definition) is 2. The fourth-order valence-corrected chi connectivity index (χ4v) is 1.80. The maximum atomic E-state index is 12.0. The van der Waals surface area contributed by atoms with E-state index in [0.29, 0.717) is 15.6 Å². The topological polar surface area (TPSA) is 34.9 Å². The van der Waals surface area contributed by atoms with Crippen molar-refractivity contribution in [3.05, 3.63) is 51.8 Å². The molecule has 0 aliphatic carbocycles. The van der Waals surface area contributed by atoms with Gasteiger partial charge in [0.2, 0.25) is 0 Å². The molecule has 0 bridgehead atoms. The molecule has 1 heterocycles. The highest BCUT2D eigenvalue weighted by molar-refractivity contribution is 6.36. The Labute approximate surface area is 103 Å². The second-order valence-corrected chi connectivity index (χ2v) is 4.24. The molecule has 0 amide bonds. The van der Waals surface area contributed by atoms with E-state index in [1.54, 1.807) is 24.5 Å². The maximum Gasteiger partial charge on any atom is 0.279 e. The molecule has 0 aliphatic heterocycles. The SMILES string of the molecule is Cc1cnn(C(=O)c2ccc(Cl)cc2Cl)c1. The molecule has 0 saturated carbocycles. The van der Waals surface area contributed by atoms with Crippen molar-refractivity contribution in [2.75, 3.05) is 0 Å². The molecule has 0 unspecified atom stereocenters. The number of aromatic nitrogens is 2. The quantitative estimate of drug-likeness (QED) is 0.784. The monoisotopic (exact) mass is 254 g/mol. The number of nitrogens with zero attached hydrogens (tertiary/aromatic N) is 2. The number of carbonyl (C=O) groups is 1. The lowest BCUT2D eigenvalue weighted by molar-refractivity contribution is 0.0945. The first-order valence-corrected chi connectivity index (χ1v) is 5.34. The standard InChI is InChI=1S/C11H8Cl2N2O/c1-7-5-14-15(6-7)11(16)9-3-2-8(12)4-10(9)13/h2-6H,1H3. The van der Waals surface area contributed by atoms with Crippen molar-refractivity contribution >= 4 is 29.1 Å². The van der Waals surface area contributed by atoms with Crippen molar-refractivity contribution in [1.82, 2.24) is 9.78 Å². The molecule has 3 nitrogen and oxygen atoms in total. The molecule has 0 spiro atoms. The van der Waals surface area contributed by atoms with Gasteiger partial charge in [0.1, 0.15) is 0 Å². The van der Waals surface area contributed by atoms with E-state index < -0.39 is 0 Å². The summed E-state index contributed by atoms with van der Waals surface area (Å²) in [6.07, 6.45) is 3.26. The van der Waals surface area contributed by atoms with Gasteiger partial charge >= 0.3 is 0 Å². The molecule has 2 aromatic rings. The molecule has 0 N–H and O–H groups in total. The van der Waals surface area contributed by atoms with Crippen LogP contribution in [0.2, 0.25) is 10.0 Å². The molecule has 5 heteroatoms. The summed E-state index contributed by atoms with van der Waals surface area (Å²) in [6, 6.07) is 4.74. The Morgan fingerprint density at radius 2 is 2.12 bits per heavy atom. The largest absolute Gasteiger partial charge is 0.279 e. The molecule has 1 aromatic carbocycles. The smallest absolute Gasteiger partial charge is 0.267 e. The third-order valence-corrected chi connectivity index (χ3v) is 2.63. The zero-order chi connectivity index (χ0) is 11.7. The number of halogens is 2. The number of benzene rings is 1. The van der Waals surface area contributed by atoms with Crippen molar-refractivity contribution in [2.24, 2.45) is 0 Å². The van der Waals surface area contributed by atoms with Gasteiger partial charge in [-0.3, -0.25) is 4.79 Å². The zero-order valence-corrected chi connectivity index (χ0v) is 9.96. The van der Waals surface area contributed by atoms with Crippen molar-refractivity contribution < 1.29 is 4.79 Å². The Balaban J connectivity index is 2.41. The first-order valence-electron chi connectivity index (χ1n) is 4.59. The van der Waals surface area contributed by atoms with Crippen LogP contribution in [0.5, 0.6) is 0 Å². The van der Waals surface area contributed by atoms with Crippen LogP contribution in [0.15, 0.2) is 30.6 Å². The Morgan fingerprint density at radius 1 is 1.38 bits per heavy atom. The fourth-order valence-electron chi connectivity index (χ4n) is 1.31. The summed E-state index contributed by atoms with van der Waals surface area (Å²) in [5, 5.41) is 4.75. The molecule has 0 aliphatic rings. The third kappa shape index (κ3) is 2.10. The minimum Gasteiger partial charge on any atom is -0.267 e. The maximum absolute atomic E-state index is 12.0. The molecule has 1 aromatic heterocycles. The van der Waals surface area contributed by atoms with Crippen LogP contribution < -0.4 is 0 Å². The highest BCUT2D eigenvalue weighted by Gasteiger charge is 2.13. The lowest BCUT2D eigenvalue weighted by atomic mass is 10.2. The zero-order valence-electron chi connectivity index (χ0n) is 8.45. The van der Waals surface area contributed by atoms with Gasteiger partial charge < -0.3 is 0 Å². The Hall–Kier alpha value is -1.32. The van der Waals surface area contributed by atoms with Gasteiger partial charge in [-0.1, -0.05) is 23.2 Å². The van der Waals surface area contributed by atoms with Crippen molar-refractivity contribution in [3.8, 4) is 0 Å². The van der Waals surface area contributed by atoms with Crippen LogP contribution in [0.25, 0.3) is 0 Å². The lowest BCUT2D eigenvalue weighted by Crippen LogP contribution is -2.12. The van der Waals surface area contributed by atoms with E-state index in [4.69, 9.17) is 23.2 Å². The van der Waals surface area contributed by atoms with Gasteiger partial charge in [-0.2, -0.15) is 5.10 Å². The fraction of sp³-hybridized carbons (Fsp3) is 0.0909. The van der Waals surface area contributed by atoms with Crippen LogP contribution in [-0.4, -0.2) is 15.7 Å². The van der Waals surface area contributed by atoms with Gasteiger partial charge in [0.25, 0.3) is 5.91 Å². The van der Waals surface area contributed by atoms with E-state index in [-0.39, 0.29) is 5.91 Å². The second-order valence-electron chi connectivity index (χ2n) is 3.39. The average Bonchev–Trinajstić information content (AvgIpc) is 2.64. The van der Waals surface area contributed by atoms with Gasteiger partial charge in [-0.15, -0.1) is 0 Å². The molecule has 0 atom stereocenters. The summed E-state index contributed by atoms with van der Waals surface area (Å²) in [6.45, 7) is 1.86. The number of aryl methyl sites for hydroxylation is 1. The van der Waals surface area contributed by atoms with Gasteiger partial charge in [0.05, 0.1) is 16.8 Å². The summed E-state index contributed by atoms with van der Waals surface area (Å²) < 4.78 is 1.25. The van der Waals surface area contributed by atoms with Gasteiger partial charge in [0, 0.05) is 11.2 Å². The summed E-state index contributed by atoms with van der Waals surface area (Å²) >= 11 is 11.7. The van der Waals surface area contributed by atoms with Crippen molar-refractivity contribution in [3.63, 3.8) is 0 Å². The second kappa shape index (κ2) is 4.28. The number of rotatable bonds is 1. The van der Waals surface area contributed by atoms with Gasteiger partial charge in [0.15, 0.2) is 0 Å². The molecule has 2 rings (SSSR count). The highest BCUT2D eigenvalue weighted by Crippen LogP contribution is 2.21.